The zero-order valence-electron chi connectivity index (χ0n) is 20.0. The Morgan fingerprint density at radius 3 is 2.57 bits per heavy atom. The van der Waals surface area contributed by atoms with Crippen molar-refractivity contribution in [3.8, 4) is 5.75 Å². The fraction of sp³-hybridized carbons (Fsp3) is 0.304. The van der Waals surface area contributed by atoms with E-state index in [0.29, 0.717) is 13.0 Å². The molecule has 3 rings (SSSR count). The Balaban J connectivity index is 1.61. The minimum absolute atomic E-state index is 0.00744. The fourth-order valence-electron chi connectivity index (χ4n) is 2.96. The molecule has 37 heavy (non-hydrogen) atoms. The number of rotatable bonds is 11. The number of benzene rings is 1. The van der Waals surface area contributed by atoms with E-state index >= 15 is 0 Å². The third-order valence-corrected chi connectivity index (χ3v) is 4.94. The number of azo groups is 1. The van der Waals surface area contributed by atoms with Gasteiger partial charge in [0.15, 0.2) is 29.7 Å². The molecule has 0 aliphatic carbocycles. The Morgan fingerprint density at radius 2 is 1.86 bits per heavy atom. The molecule has 0 unspecified atom stereocenters. The fourth-order valence-corrected chi connectivity index (χ4v) is 2.96. The van der Waals surface area contributed by atoms with E-state index in [0.717, 1.165) is 12.8 Å². The number of nitrogens with one attached hydrogen (secondary N) is 1. The van der Waals surface area contributed by atoms with Crippen molar-refractivity contribution in [2.45, 2.75) is 38.8 Å². The van der Waals surface area contributed by atoms with Gasteiger partial charge in [-0.25, -0.2) is 14.6 Å². The van der Waals surface area contributed by atoms with Gasteiger partial charge in [0.2, 0.25) is 5.91 Å². The summed E-state index contributed by atoms with van der Waals surface area (Å²) in [5, 5.41) is 10.7. The third-order valence-electron chi connectivity index (χ3n) is 4.94. The van der Waals surface area contributed by atoms with Crippen molar-refractivity contribution < 1.29 is 27.9 Å². The highest BCUT2D eigenvalue weighted by atomic mass is 16.7. The van der Waals surface area contributed by atoms with E-state index in [1.165, 1.54) is 25.1 Å². The SMILES string of the molecule is Cc1oc(=O)oc1COC(=O)Oc1ccccc1N=Nc1ccc(NC(=O)[C@@H](N)CCCCN)nc1N. The van der Waals surface area contributed by atoms with Crippen LogP contribution in [0.1, 0.15) is 30.8 Å². The Labute approximate surface area is 210 Å². The molecule has 0 spiro atoms. The van der Waals surface area contributed by atoms with E-state index < -0.39 is 18.0 Å². The number of nitrogens with two attached hydrogens (primary N) is 3. The lowest BCUT2D eigenvalue weighted by atomic mass is 10.1. The minimum atomic E-state index is -1.06. The molecule has 0 radical (unpaired) electrons. The lowest BCUT2D eigenvalue weighted by Crippen LogP contribution is -2.35. The van der Waals surface area contributed by atoms with E-state index in [1.807, 2.05) is 0 Å². The highest BCUT2D eigenvalue weighted by molar-refractivity contribution is 5.94. The van der Waals surface area contributed by atoms with Crippen molar-refractivity contribution in [3.05, 3.63) is 58.5 Å². The van der Waals surface area contributed by atoms with Gasteiger partial charge in [-0.1, -0.05) is 18.6 Å². The molecule has 0 saturated carbocycles. The molecule has 2 aromatic heterocycles. The molecular weight excluding hydrogens is 486 g/mol. The number of anilines is 2. The van der Waals surface area contributed by atoms with Gasteiger partial charge in [-0.05, 0) is 50.6 Å². The predicted molar refractivity (Wildman–Crippen MR) is 132 cm³/mol. The largest absolute Gasteiger partial charge is 0.519 e. The lowest BCUT2D eigenvalue weighted by molar-refractivity contribution is -0.117. The van der Waals surface area contributed by atoms with Gasteiger partial charge in [-0.3, -0.25) is 4.79 Å². The number of pyridine rings is 1. The normalized spacial score (nSPS) is 11.9. The number of nitrogens with zero attached hydrogens (tertiary/aromatic N) is 3. The quantitative estimate of drug-likeness (QED) is 0.126. The first-order chi connectivity index (χ1) is 17.8. The monoisotopic (exact) mass is 513 g/mol. The van der Waals surface area contributed by atoms with Gasteiger partial charge >= 0.3 is 12.0 Å². The molecule has 3 aromatic rings. The summed E-state index contributed by atoms with van der Waals surface area (Å²) in [7, 11) is 0. The molecule has 1 aromatic carbocycles. The Hall–Kier alpha value is -4.56. The summed E-state index contributed by atoms with van der Waals surface area (Å²) in [4.78, 5) is 39.5. The van der Waals surface area contributed by atoms with Crippen molar-refractivity contribution in [2.75, 3.05) is 17.6 Å². The molecule has 0 aliphatic heterocycles. The van der Waals surface area contributed by atoms with Gasteiger partial charge in [0, 0.05) is 0 Å². The average molecular weight is 514 g/mol. The molecule has 7 N–H and O–H groups in total. The number of hydrogen-bond donors (Lipinski definition) is 4. The van der Waals surface area contributed by atoms with Crippen LogP contribution in [0, 0.1) is 6.92 Å². The number of aryl methyl sites for hydroxylation is 1. The summed E-state index contributed by atoms with van der Waals surface area (Å²) in [6, 6.07) is 8.64. The topological polar surface area (TPSA) is 224 Å². The van der Waals surface area contributed by atoms with Gasteiger partial charge in [-0.2, -0.15) is 0 Å². The maximum atomic E-state index is 12.2. The molecule has 14 nitrogen and oxygen atoms in total. The molecule has 196 valence electrons. The maximum Gasteiger partial charge on any atom is 0.519 e. The van der Waals surface area contributed by atoms with E-state index in [-0.39, 0.29) is 52.8 Å². The Morgan fingerprint density at radius 1 is 1.11 bits per heavy atom. The zero-order valence-corrected chi connectivity index (χ0v) is 20.0. The van der Waals surface area contributed by atoms with Crippen LogP contribution < -0.4 is 33.1 Å². The second-order valence-electron chi connectivity index (χ2n) is 7.72. The first-order valence-electron chi connectivity index (χ1n) is 11.2. The summed E-state index contributed by atoms with van der Waals surface area (Å²) in [5.74, 6) is -0.762. The van der Waals surface area contributed by atoms with Crippen LogP contribution in [0.2, 0.25) is 0 Å². The van der Waals surface area contributed by atoms with Gasteiger partial charge < -0.3 is 40.8 Å². The molecule has 0 aliphatic rings. The summed E-state index contributed by atoms with van der Waals surface area (Å²) in [6.45, 7) is 1.67. The van der Waals surface area contributed by atoms with E-state index in [1.54, 1.807) is 18.2 Å². The van der Waals surface area contributed by atoms with Gasteiger partial charge in [-0.15, -0.1) is 10.2 Å². The second-order valence-corrected chi connectivity index (χ2v) is 7.72. The highest BCUT2D eigenvalue weighted by Gasteiger charge is 2.16. The molecule has 0 saturated heterocycles. The average Bonchev–Trinajstić information content (AvgIpc) is 3.19. The highest BCUT2D eigenvalue weighted by Crippen LogP contribution is 2.31. The molecule has 2 heterocycles. The van der Waals surface area contributed by atoms with Crippen LogP contribution in [-0.4, -0.2) is 29.6 Å². The lowest BCUT2D eigenvalue weighted by Gasteiger charge is -2.12. The predicted octanol–water partition coefficient (Wildman–Crippen LogP) is 3.04. The zero-order chi connectivity index (χ0) is 26.8. The van der Waals surface area contributed by atoms with Crippen LogP contribution in [0.15, 0.2) is 60.3 Å². The molecular formula is C23H27N7O7. The summed E-state index contributed by atoms with van der Waals surface area (Å²) in [5.41, 5.74) is 17.7. The number of ether oxygens (including phenoxy) is 2. The number of nitrogen functional groups attached to an aromatic ring is 1. The number of hydrogen-bond acceptors (Lipinski definition) is 13. The first-order valence-corrected chi connectivity index (χ1v) is 11.2. The number of carbonyl (C=O) groups is 2. The number of amides is 1. The van der Waals surface area contributed by atoms with Gasteiger partial charge in [0.1, 0.15) is 17.2 Å². The standard InChI is InChI=1S/C23H27N7O7/c1-13-18(37-23(33)35-13)12-34-22(32)36-17-8-3-2-7-15(17)29-30-16-9-10-19(27-20(16)26)28-21(31)14(25)6-4-5-11-24/h2-3,7-10,14H,4-6,11-12,24-25H2,1H3,(H3,26,27,28,31)/t14-/m0/s1. The van der Waals surface area contributed by atoms with Crippen LogP contribution >= 0.6 is 0 Å². The van der Waals surface area contributed by atoms with Crippen molar-refractivity contribution in [1.29, 1.82) is 0 Å². The van der Waals surface area contributed by atoms with Crippen LogP contribution in [0.4, 0.5) is 27.8 Å². The van der Waals surface area contributed by atoms with E-state index in [4.69, 9.17) is 35.5 Å². The van der Waals surface area contributed by atoms with Crippen LogP contribution in [-0.2, 0) is 16.1 Å². The molecule has 14 heteroatoms. The van der Waals surface area contributed by atoms with Crippen LogP contribution in [0.25, 0.3) is 0 Å². The summed E-state index contributed by atoms with van der Waals surface area (Å²) < 4.78 is 19.6. The van der Waals surface area contributed by atoms with Crippen LogP contribution in [0.3, 0.4) is 0 Å². The minimum Gasteiger partial charge on any atom is -0.426 e. The number of carbonyl (C=O) groups excluding carboxylic acids is 2. The second kappa shape index (κ2) is 12.9. The number of aromatic nitrogens is 1. The van der Waals surface area contributed by atoms with Crippen molar-refractivity contribution in [2.24, 2.45) is 21.7 Å². The van der Waals surface area contributed by atoms with E-state index in [2.05, 4.69) is 20.5 Å². The third kappa shape index (κ3) is 7.98. The Bertz CT molecular complexity index is 1320. The Kier molecular flexibility index (Phi) is 9.46. The van der Waals surface area contributed by atoms with Crippen molar-refractivity contribution in [1.82, 2.24) is 4.98 Å². The molecule has 1 atom stereocenters. The van der Waals surface area contributed by atoms with Crippen molar-refractivity contribution in [3.63, 3.8) is 0 Å². The molecule has 1 amide bonds. The smallest absolute Gasteiger partial charge is 0.426 e. The maximum absolute atomic E-state index is 12.2. The van der Waals surface area contributed by atoms with E-state index in [9.17, 15) is 14.4 Å². The number of para-hydroxylation sites is 1. The first kappa shape index (κ1) is 27.0. The molecule has 0 fully saturated rings. The number of unbranched alkanes of at least 4 members (excludes halogenated alkanes) is 1. The van der Waals surface area contributed by atoms with Gasteiger partial charge in [0.25, 0.3) is 0 Å². The van der Waals surface area contributed by atoms with Crippen molar-refractivity contribution >= 4 is 35.1 Å². The summed E-state index contributed by atoms with van der Waals surface area (Å²) >= 11 is 0. The van der Waals surface area contributed by atoms with Gasteiger partial charge in [0.05, 0.1) is 6.04 Å². The van der Waals surface area contributed by atoms with Crippen LogP contribution in [0.5, 0.6) is 5.75 Å². The summed E-state index contributed by atoms with van der Waals surface area (Å²) in [6.07, 6.45) is 0.962. The molecule has 0 bridgehead atoms.